The van der Waals surface area contributed by atoms with Crippen LogP contribution in [0.2, 0.25) is 0 Å². The first-order valence-electron chi connectivity index (χ1n) is 7.65. The number of rotatable bonds is 11. The molecule has 1 nitrogen and oxygen atoms in total. The van der Waals surface area contributed by atoms with E-state index in [2.05, 4.69) is 40.2 Å². The Balaban J connectivity index is 1.87. The molecule has 0 heterocycles. The molecule has 0 spiro atoms. The summed E-state index contributed by atoms with van der Waals surface area (Å²) in [4.78, 5) is 0. The van der Waals surface area contributed by atoms with Gasteiger partial charge in [-0.3, -0.25) is 0 Å². The second kappa shape index (κ2) is 11.5. The zero-order valence-corrected chi connectivity index (χ0v) is 13.5. The van der Waals surface area contributed by atoms with E-state index in [1.54, 1.807) is 0 Å². The molecule has 0 aliphatic rings. The quantitative estimate of drug-likeness (QED) is 0.449. The first-order chi connectivity index (χ1) is 9.33. The van der Waals surface area contributed by atoms with Crippen molar-refractivity contribution < 1.29 is 5.11 Å². The van der Waals surface area contributed by atoms with Crippen molar-refractivity contribution in [3.63, 3.8) is 0 Å². The van der Waals surface area contributed by atoms with Gasteiger partial charge in [0.25, 0.3) is 0 Å². The van der Waals surface area contributed by atoms with E-state index < -0.39 is 0 Å². The van der Waals surface area contributed by atoms with Gasteiger partial charge in [0.1, 0.15) is 0 Å². The summed E-state index contributed by atoms with van der Waals surface area (Å²) in [6.45, 7) is 0.107. The molecule has 0 aromatic heterocycles. The minimum absolute atomic E-state index is 0.107. The largest absolute Gasteiger partial charge is 0.237 e. The van der Waals surface area contributed by atoms with E-state index >= 15 is 0 Å². The fourth-order valence-corrected chi connectivity index (χ4v) is 2.58. The van der Waals surface area contributed by atoms with Crippen LogP contribution in [0.3, 0.4) is 0 Å². The van der Waals surface area contributed by atoms with Gasteiger partial charge in [-0.15, -0.1) is 0 Å². The molecular weight excluding hydrogens is 300 g/mol. The SMILES string of the molecule is [O]CCCCCCCCCCCc1ccc(Br)cc1. The molecule has 107 valence electrons. The summed E-state index contributed by atoms with van der Waals surface area (Å²) >= 11 is 3.46. The standard InChI is InChI=1S/C17H26BrO/c18-17-13-11-16(12-14-17)10-8-6-4-2-1-3-5-7-9-15-19/h11-14H,1-10,15H2. The molecular formula is C17H26BrO. The second-order valence-corrected chi connectivity index (χ2v) is 6.18. The molecule has 0 fully saturated rings. The number of hydrogen-bond acceptors (Lipinski definition) is 0. The Morgan fingerprint density at radius 3 is 1.68 bits per heavy atom. The Hall–Kier alpha value is -0.340. The number of hydrogen-bond donors (Lipinski definition) is 0. The van der Waals surface area contributed by atoms with E-state index in [4.69, 9.17) is 0 Å². The van der Waals surface area contributed by atoms with Crippen molar-refractivity contribution >= 4 is 15.9 Å². The van der Waals surface area contributed by atoms with Gasteiger partial charge in [0.15, 0.2) is 0 Å². The third kappa shape index (κ3) is 9.23. The van der Waals surface area contributed by atoms with Gasteiger partial charge < -0.3 is 0 Å². The second-order valence-electron chi connectivity index (χ2n) is 5.26. The highest BCUT2D eigenvalue weighted by molar-refractivity contribution is 9.10. The minimum atomic E-state index is 0.107. The van der Waals surface area contributed by atoms with Crippen LogP contribution in [0.25, 0.3) is 0 Å². The van der Waals surface area contributed by atoms with Crippen LogP contribution >= 0.6 is 15.9 Å². The molecule has 2 heteroatoms. The van der Waals surface area contributed by atoms with Gasteiger partial charge in [-0.25, -0.2) is 5.11 Å². The van der Waals surface area contributed by atoms with E-state index in [1.165, 1.54) is 56.9 Å². The van der Waals surface area contributed by atoms with Crippen molar-refractivity contribution in [1.82, 2.24) is 0 Å². The highest BCUT2D eigenvalue weighted by Crippen LogP contribution is 2.14. The first kappa shape index (κ1) is 16.7. The van der Waals surface area contributed by atoms with E-state index in [0.717, 1.165) is 17.3 Å². The average molecular weight is 326 g/mol. The Morgan fingerprint density at radius 2 is 1.16 bits per heavy atom. The van der Waals surface area contributed by atoms with Gasteiger partial charge in [-0.2, -0.15) is 0 Å². The molecule has 19 heavy (non-hydrogen) atoms. The third-order valence-electron chi connectivity index (χ3n) is 3.52. The molecule has 0 atom stereocenters. The predicted octanol–water partition coefficient (Wildman–Crippen LogP) is 5.93. The van der Waals surface area contributed by atoms with Crippen molar-refractivity contribution in [3.05, 3.63) is 34.3 Å². The van der Waals surface area contributed by atoms with E-state index in [9.17, 15) is 5.11 Å². The molecule has 1 aromatic carbocycles. The Labute approximate surface area is 126 Å². The van der Waals surface area contributed by atoms with Gasteiger partial charge in [-0.05, 0) is 37.0 Å². The topological polar surface area (TPSA) is 19.9 Å². The molecule has 0 bridgehead atoms. The highest BCUT2D eigenvalue weighted by atomic mass is 79.9. The van der Waals surface area contributed by atoms with Crippen LogP contribution in [-0.2, 0) is 11.5 Å². The first-order valence-corrected chi connectivity index (χ1v) is 8.45. The lowest BCUT2D eigenvalue weighted by atomic mass is 10.0. The van der Waals surface area contributed by atoms with Crippen LogP contribution in [0, 0.1) is 0 Å². The molecule has 1 radical (unpaired) electrons. The lowest BCUT2D eigenvalue weighted by molar-refractivity contribution is 0.186. The van der Waals surface area contributed by atoms with Crippen molar-refractivity contribution in [2.24, 2.45) is 0 Å². The molecule has 0 aliphatic heterocycles. The molecule has 0 N–H and O–H groups in total. The number of benzene rings is 1. The zero-order chi connectivity index (χ0) is 13.8. The van der Waals surface area contributed by atoms with Crippen molar-refractivity contribution in [2.45, 2.75) is 64.2 Å². The van der Waals surface area contributed by atoms with Crippen LogP contribution in [0.15, 0.2) is 28.7 Å². The minimum Gasteiger partial charge on any atom is -0.237 e. The van der Waals surface area contributed by atoms with Gasteiger partial charge >= 0.3 is 0 Å². The summed E-state index contributed by atoms with van der Waals surface area (Å²) in [7, 11) is 0. The van der Waals surface area contributed by atoms with E-state index in [1.807, 2.05) is 0 Å². The lowest BCUT2D eigenvalue weighted by Gasteiger charge is -2.03. The fourth-order valence-electron chi connectivity index (χ4n) is 2.32. The van der Waals surface area contributed by atoms with Gasteiger partial charge in [0.05, 0.1) is 6.61 Å². The fraction of sp³-hybridized carbons (Fsp3) is 0.647. The molecule has 0 saturated heterocycles. The van der Waals surface area contributed by atoms with Crippen molar-refractivity contribution in [2.75, 3.05) is 6.61 Å². The summed E-state index contributed by atoms with van der Waals surface area (Å²) in [5.74, 6) is 0. The van der Waals surface area contributed by atoms with E-state index in [0.29, 0.717) is 0 Å². The summed E-state index contributed by atoms with van der Waals surface area (Å²) < 4.78 is 1.16. The van der Waals surface area contributed by atoms with Gasteiger partial charge in [0.2, 0.25) is 0 Å². The van der Waals surface area contributed by atoms with Crippen LogP contribution in [-0.4, -0.2) is 6.61 Å². The zero-order valence-electron chi connectivity index (χ0n) is 11.9. The predicted molar refractivity (Wildman–Crippen MR) is 85.0 cm³/mol. The van der Waals surface area contributed by atoms with Crippen LogP contribution in [0.4, 0.5) is 0 Å². The molecule has 1 rings (SSSR count). The highest BCUT2D eigenvalue weighted by Gasteiger charge is 1.95. The molecule has 1 aromatic rings. The number of unbranched alkanes of at least 4 members (excludes halogenated alkanes) is 8. The smallest absolute Gasteiger partial charge is 0.0822 e. The lowest BCUT2D eigenvalue weighted by Crippen LogP contribution is -1.86. The van der Waals surface area contributed by atoms with Crippen molar-refractivity contribution in [1.29, 1.82) is 0 Å². The maximum absolute atomic E-state index is 10.3. The summed E-state index contributed by atoms with van der Waals surface area (Å²) in [5.41, 5.74) is 1.45. The van der Waals surface area contributed by atoms with Gasteiger partial charge in [-0.1, -0.05) is 73.0 Å². The Morgan fingerprint density at radius 1 is 0.684 bits per heavy atom. The summed E-state index contributed by atoms with van der Waals surface area (Å²) in [5, 5.41) is 10.3. The Bertz CT molecular complexity index is 308. The van der Waals surface area contributed by atoms with Crippen LogP contribution < -0.4 is 0 Å². The van der Waals surface area contributed by atoms with E-state index in [-0.39, 0.29) is 6.61 Å². The number of halogens is 1. The summed E-state index contributed by atoms with van der Waals surface area (Å²) in [6.07, 6.45) is 12.5. The van der Waals surface area contributed by atoms with Gasteiger partial charge in [0, 0.05) is 4.47 Å². The maximum Gasteiger partial charge on any atom is 0.0822 e. The molecule has 0 aliphatic carbocycles. The normalized spacial score (nSPS) is 10.8. The van der Waals surface area contributed by atoms with Crippen molar-refractivity contribution in [3.8, 4) is 0 Å². The van der Waals surface area contributed by atoms with Crippen LogP contribution in [0.1, 0.15) is 63.4 Å². The molecule has 0 amide bonds. The third-order valence-corrected chi connectivity index (χ3v) is 4.05. The monoisotopic (exact) mass is 325 g/mol. The average Bonchev–Trinajstić information content (AvgIpc) is 2.43. The molecule has 0 unspecified atom stereocenters. The Kier molecular flexibility index (Phi) is 10.1. The van der Waals surface area contributed by atoms with Crippen LogP contribution in [0.5, 0.6) is 0 Å². The maximum atomic E-state index is 10.3. The summed E-state index contributed by atoms with van der Waals surface area (Å²) in [6, 6.07) is 8.66. The molecule has 0 saturated carbocycles. The number of aryl methyl sites for hydroxylation is 1.